The molecule has 1 aromatic heterocycles. The number of rotatable bonds is 4. The number of Topliss-reactive ketones (excluding diaryl/α,β-unsaturated/α-hetero) is 1. The number of benzene rings is 2. The first kappa shape index (κ1) is 23.7. The van der Waals surface area contributed by atoms with Crippen LogP contribution in [-0.2, 0) is 9.59 Å². The van der Waals surface area contributed by atoms with Crippen LogP contribution in [0.1, 0.15) is 43.4 Å². The predicted molar refractivity (Wildman–Crippen MR) is 128 cm³/mol. The van der Waals surface area contributed by atoms with Crippen molar-refractivity contribution in [1.29, 1.82) is 0 Å². The molecule has 5 nitrogen and oxygen atoms in total. The van der Waals surface area contributed by atoms with E-state index in [-0.39, 0.29) is 22.9 Å². The van der Waals surface area contributed by atoms with E-state index in [9.17, 15) is 22.8 Å². The largest absolute Gasteiger partial charge is 0.460 e. The normalized spacial score (nSPS) is 17.7. The van der Waals surface area contributed by atoms with Gasteiger partial charge in [-0.25, -0.2) is 13.2 Å². The lowest BCUT2D eigenvalue weighted by molar-refractivity contribution is -0.116. The molecule has 1 atom stereocenters. The molecular formula is C28H23F3N2O3. The van der Waals surface area contributed by atoms with Crippen molar-refractivity contribution < 1.29 is 27.2 Å². The van der Waals surface area contributed by atoms with E-state index in [0.29, 0.717) is 41.8 Å². The molecule has 1 unspecified atom stereocenters. The molecule has 0 radical (unpaired) electrons. The van der Waals surface area contributed by atoms with Crippen molar-refractivity contribution in [3.63, 3.8) is 0 Å². The highest BCUT2D eigenvalue weighted by molar-refractivity contribution is 6.09. The number of allylic oxidation sites excluding steroid dienone is 3. The van der Waals surface area contributed by atoms with Crippen molar-refractivity contribution in [2.45, 2.75) is 39.0 Å². The molecular weight excluding hydrogens is 469 g/mol. The van der Waals surface area contributed by atoms with Crippen LogP contribution < -0.4 is 10.6 Å². The van der Waals surface area contributed by atoms with Crippen molar-refractivity contribution in [2.75, 3.05) is 5.32 Å². The fraction of sp³-hybridized carbons (Fsp3) is 0.214. The van der Waals surface area contributed by atoms with Crippen LogP contribution in [0.4, 0.5) is 18.9 Å². The summed E-state index contributed by atoms with van der Waals surface area (Å²) in [5.74, 6) is -5.21. The van der Waals surface area contributed by atoms with Gasteiger partial charge in [0.15, 0.2) is 23.2 Å². The van der Waals surface area contributed by atoms with Crippen molar-refractivity contribution >= 4 is 17.4 Å². The molecule has 3 aromatic rings. The number of halogens is 3. The van der Waals surface area contributed by atoms with Crippen molar-refractivity contribution in [2.24, 2.45) is 0 Å². The third kappa shape index (κ3) is 4.12. The van der Waals surface area contributed by atoms with Gasteiger partial charge in [0.1, 0.15) is 11.5 Å². The maximum absolute atomic E-state index is 13.8. The number of ketones is 1. The fourth-order valence-electron chi connectivity index (χ4n) is 4.83. The Morgan fingerprint density at radius 3 is 2.47 bits per heavy atom. The van der Waals surface area contributed by atoms with Gasteiger partial charge in [0.25, 0.3) is 5.91 Å². The molecule has 0 fully saturated rings. The summed E-state index contributed by atoms with van der Waals surface area (Å²) in [5, 5.41) is 6.16. The van der Waals surface area contributed by atoms with Crippen LogP contribution in [-0.4, -0.2) is 11.7 Å². The second kappa shape index (κ2) is 9.18. The van der Waals surface area contributed by atoms with Crippen LogP contribution in [0.3, 0.4) is 0 Å². The second-order valence-electron chi connectivity index (χ2n) is 8.99. The van der Waals surface area contributed by atoms with Gasteiger partial charge in [-0.05, 0) is 62.6 Å². The molecule has 5 rings (SSSR count). The molecule has 0 saturated carbocycles. The standard InChI is InChI=1S/C28H23F3N2O3/c1-14-6-3-4-7-19(14)33-28(35)24-15(2)32-20-8-5-9-21(34)25(20)26(24)23-11-10-22(36-23)16-12-17(29)27(31)18(30)13-16/h3-4,6-7,10-13,26,32H,5,8-9H2,1-2H3,(H,33,35). The topological polar surface area (TPSA) is 71.3 Å². The van der Waals surface area contributed by atoms with Crippen LogP contribution in [0.2, 0.25) is 0 Å². The number of furan rings is 1. The molecule has 8 heteroatoms. The van der Waals surface area contributed by atoms with Gasteiger partial charge in [-0.15, -0.1) is 0 Å². The number of dihydropyridines is 1. The van der Waals surface area contributed by atoms with Crippen LogP contribution in [0, 0.1) is 24.4 Å². The smallest absolute Gasteiger partial charge is 0.254 e. The summed E-state index contributed by atoms with van der Waals surface area (Å²) in [4.78, 5) is 26.6. The van der Waals surface area contributed by atoms with Crippen molar-refractivity contribution in [3.05, 3.63) is 99.8 Å². The SMILES string of the molecule is CC1=C(C(=O)Nc2ccccc2C)C(c2ccc(-c3cc(F)c(F)c(F)c3)o2)C2=C(CCCC2=O)N1. The first-order chi connectivity index (χ1) is 17.2. The maximum Gasteiger partial charge on any atom is 0.254 e. The van der Waals surface area contributed by atoms with E-state index in [1.807, 2.05) is 25.1 Å². The summed E-state index contributed by atoms with van der Waals surface area (Å²) >= 11 is 0. The molecule has 1 aliphatic heterocycles. The van der Waals surface area contributed by atoms with Crippen molar-refractivity contribution in [1.82, 2.24) is 5.32 Å². The lowest BCUT2D eigenvalue weighted by Crippen LogP contribution is -2.35. The third-order valence-corrected chi connectivity index (χ3v) is 6.59. The number of para-hydroxylation sites is 1. The fourth-order valence-corrected chi connectivity index (χ4v) is 4.83. The summed E-state index contributed by atoms with van der Waals surface area (Å²) < 4.78 is 47.1. The first-order valence-corrected chi connectivity index (χ1v) is 11.6. The zero-order valence-electron chi connectivity index (χ0n) is 19.7. The number of nitrogens with one attached hydrogen (secondary N) is 2. The molecule has 184 valence electrons. The Hall–Kier alpha value is -4.07. The van der Waals surface area contributed by atoms with Crippen LogP contribution in [0.5, 0.6) is 0 Å². The van der Waals surface area contributed by atoms with Gasteiger partial charge in [0.2, 0.25) is 0 Å². The zero-order valence-corrected chi connectivity index (χ0v) is 19.7. The lowest BCUT2D eigenvalue weighted by Gasteiger charge is -2.33. The van der Waals surface area contributed by atoms with E-state index in [2.05, 4.69) is 10.6 Å². The zero-order chi connectivity index (χ0) is 25.6. The molecule has 2 N–H and O–H groups in total. The summed E-state index contributed by atoms with van der Waals surface area (Å²) in [6, 6.07) is 12.1. The van der Waals surface area contributed by atoms with E-state index in [1.54, 1.807) is 19.1 Å². The molecule has 1 aliphatic carbocycles. The number of aryl methyl sites for hydroxylation is 1. The highest BCUT2D eigenvalue weighted by Gasteiger charge is 2.40. The molecule has 2 aliphatic rings. The van der Waals surface area contributed by atoms with Gasteiger partial charge in [0, 0.05) is 34.6 Å². The van der Waals surface area contributed by atoms with Crippen molar-refractivity contribution in [3.8, 4) is 11.3 Å². The maximum atomic E-state index is 13.8. The van der Waals surface area contributed by atoms with E-state index in [4.69, 9.17) is 4.42 Å². The Morgan fingerprint density at radius 1 is 1.03 bits per heavy atom. The monoisotopic (exact) mass is 492 g/mol. The summed E-state index contributed by atoms with van der Waals surface area (Å²) in [6.45, 7) is 3.63. The Morgan fingerprint density at radius 2 is 1.75 bits per heavy atom. The Labute approximate surface area is 205 Å². The van der Waals surface area contributed by atoms with Gasteiger partial charge in [-0.3, -0.25) is 9.59 Å². The minimum Gasteiger partial charge on any atom is -0.460 e. The minimum atomic E-state index is -1.57. The Kier molecular flexibility index (Phi) is 6.04. The van der Waals surface area contributed by atoms with E-state index in [1.165, 1.54) is 6.07 Å². The molecule has 1 amide bonds. The van der Waals surface area contributed by atoms with Crippen LogP contribution in [0.25, 0.3) is 11.3 Å². The highest BCUT2D eigenvalue weighted by Crippen LogP contribution is 2.44. The highest BCUT2D eigenvalue weighted by atomic mass is 19.2. The number of hydrogen-bond acceptors (Lipinski definition) is 4. The Bertz CT molecular complexity index is 1450. The second-order valence-corrected chi connectivity index (χ2v) is 8.99. The molecule has 0 saturated heterocycles. The summed E-state index contributed by atoms with van der Waals surface area (Å²) in [5.41, 5.74) is 3.58. The number of hydrogen-bond donors (Lipinski definition) is 2. The van der Waals surface area contributed by atoms with Gasteiger partial charge in [0.05, 0.1) is 11.5 Å². The summed E-state index contributed by atoms with van der Waals surface area (Å²) in [6.07, 6.45) is 1.67. The summed E-state index contributed by atoms with van der Waals surface area (Å²) in [7, 11) is 0. The van der Waals surface area contributed by atoms with Crippen LogP contribution >= 0.6 is 0 Å². The van der Waals surface area contributed by atoms with Gasteiger partial charge in [-0.1, -0.05) is 18.2 Å². The predicted octanol–water partition coefficient (Wildman–Crippen LogP) is 6.28. The van der Waals surface area contributed by atoms with Gasteiger partial charge in [-0.2, -0.15) is 0 Å². The average Bonchev–Trinajstić information content (AvgIpc) is 3.33. The molecule has 2 aromatic carbocycles. The molecule has 2 heterocycles. The molecule has 0 bridgehead atoms. The van der Waals surface area contributed by atoms with Crippen LogP contribution in [0.15, 0.2) is 75.5 Å². The van der Waals surface area contributed by atoms with E-state index >= 15 is 0 Å². The quantitative estimate of drug-likeness (QED) is 0.421. The third-order valence-electron chi connectivity index (χ3n) is 6.59. The number of anilines is 1. The minimum absolute atomic E-state index is 0.00220. The molecule has 36 heavy (non-hydrogen) atoms. The lowest BCUT2D eigenvalue weighted by atomic mass is 9.77. The number of carbonyl (C=O) groups excluding carboxylic acids is 2. The number of carbonyl (C=O) groups is 2. The van der Waals surface area contributed by atoms with Gasteiger partial charge < -0.3 is 15.1 Å². The van der Waals surface area contributed by atoms with E-state index in [0.717, 1.165) is 23.4 Å². The first-order valence-electron chi connectivity index (χ1n) is 11.6. The average molecular weight is 492 g/mol. The van der Waals surface area contributed by atoms with E-state index < -0.39 is 29.3 Å². The molecule has 0 spiro atoms. The number of amides is 1. The Balaban J connectivity index is 1.59. The van der Waals surface area contributed by atoms with Gasteiger partial charge >= 0.3 is 0 Å².